The van der Waals surface area contributed by atoms with E-state index in [1.54, 1.807) is 0 Å². The summed E-state index contributed by atoms with van der Waals surface area (Å²) in [5, 5.41) is 0. The Morgan fingerprint density at radius 1 is 1.00 bits per heavy atom. The highest BCUT2D eigenvalue weighted by Crippen LogP contribution is 2.34. The summed E-state index contributed by atoms with van der Waals surface area (Å²) >= 11 is 0. The molecule has 0 saturated heterocycles. The fourth-order valence-corrected chi connectivity index (χ4v) is 3.25. The summed E-state index contributed by atoms with van der Waals surface area (Å²) in [5.41, 5.74) is -1.68. The second kappa shape index (κ2) is 6.93. The van der Waals surface area contributed by atoms with E-state index in [0.717, 1.165) is 42.8 Å². The molecule has 2 aromatic carbocycles. The van der Waals surface area contributed by atoms with Crippen LogP contribution in [0.4, 0.5) is 22.0 Å². The molecular formula is C18H11F5N2O2S. The van der Waals surface area contributed by atoms with Crippen LogP contribution in [0.5, 0.6) is 0 Å². The molecule has 0 fully saturated rings. The van der Waals surface area contributed by atoms with Gasteiger partial charge in [0.05, 0.1) is 23.0 Å². The standard InChI is InChI=1S/C18H11F5N2O2S/c1-28(26,27)15-9-24-17(13-6-5-12(19)8-14(13)20)25-16(15)10-3-2-4-11(7-10)18(21,22)23/h2-9H,1H3. The van der Waals surface area contributed by atoms with Gasteiger partial charge in [-0.15, -0.1) is 0 Å². The molecule has 0 aliphatic carbocycles. The van der Waals surface area contributed by atoms with Crippen molar-refractivity contribution in [3.8, 4) is 22.6 Å². The van der Waals surface area contributed by atoms with Crippen molar-refractivity contribution in [2.24, 2.45) is 0 Å². The van der Waals surface area contributed by atoms with Gasteiger partial charge in [-0.3, -0.25) is 0 Å². The van der Waals surface area contributed by atoms with Crippen LogP contribution in [-0.2, 0) is 16.0 Å². The molecule has 0 aliphatic rings. The molecule has 28 heavy (non-hydrogen) atoms. The predicted molar refractivity (Wildman–Crippen MR) is 90.9 cm³/mol. The van der Waals surface area contributed by atoms with Crippen molar-refractivity contribution in [3.63, 3.8) is 0 Å². The summed E-state index contributed by atoms with van der Waals surface area (Å²) in [7, 11) is -3.91. The highest BCUT2D eigenvalue weighted by atomic mass is 32.2. The maximum atomic E-state index is 14.0. The minimum Gasteiger partial charge on any atom is -0.235 e. The molecule has 0 atom stereocenters. The van der Waals surface area contributed by atoms with Crippen LogP contribution in [-0.4, -0.2) is 24.6 Å². The van der Waals surface area contributed by atoms with Crippen molar-refractivity contribution in [1.29, 1.82) is 0 Å². The van der Waals surface area contributed by atoms with E-state index in [1.165, 1.54) is 6.07 Å². The summed E-state index contributed by atoms with van der Waals surface area (Å²) in [6.07, 6.45) is -2.92. The van der Waals surface area contributed by atoms with Crippen molar-refractivity contribution < 1.29 is 30.4 Å². The summed E-state index contributed by atoms with van der Waals surface area (Å²) in [6.45, 7) is 0. The fraction of sp³-hybridized carbons (Fsp3) is 0.111. The van der Waals surface area contributed by atoms with Gasteiger partial charge in [0.25, 0.3) is 0 Å². The van der Waals surface area contributed by atoms with Gasteiger partial charge in [-0.1, -0.05) is 12.1 Å². The Morgan fingerprint density at radius 3 is 2.32 bits per heavy atom. The zero-order valence-electron chi connectivity index (χ0n) is 14.1. The van der Waals surface area contributed by atoms with Crippen LogP contribution in [0.15, 0.2) is 53.6 Å². The number of rotatable bonds is 3. The van der Waals surface area contributed by atoms with E-state index >= 15 is 0 Å². The zero-order valence-corrected chi connectivity index (χ0v) is 14.9. The maximum absolute atomic E-state index is 14.0. The van der Waals surface area contributed by atoms with E-state index in [-0.39, 0.29) is 22.6 Å². The molecule has 3 rings (SSSR count). The number of benzene rings is 2. The number of aromatic nitrogens is 2. The molecule has 0 amide bonds. The lowest BCUT2D eigenvalue weighted by atomic mass is 10.1. The van der Waals surface area contributed by atoms with Gasteiger partial charge in [0.2, 0.25) is 0 Å². The van der Waals surface area contributed by atoms with Crippen LogP contribution >= 0.6 is 0 Å². The van der Waals surface area contributed by atoms with Gasteiger partial charge < -0.3 is 0 Å². The van der Waals surface area contributed by atoms with Crippen LogP contribution in [0.1, 0.15) is 5.56 Å². The quantitative estimate of drug-likeness (QED) is 0.592. The van der Waals surface area contributed by atoms with E-state index in [4.69, 9.17) is 0 Å². The van der Waals surface area contributed by atoms with Crippen molar-refractivity contribution in [2.45, 2.75) is 11.1 Å². The van der Waals surface area contributed by atoms with Crippen LogP contribution in [0, 0.1) is 11.6 Å². The maximum Gasteiger partial charge on any atom is 0.416 e. The lowest BCUT2D eigenvalue weighted by Crippen LogP contribution is -2.07. The zero-order chi connectivity index (χ0) is 20.7. The third-order valence-corrected chi connectivity index (χ3v) is 4.89. The molecule has 0 bridgehead atoms. The first-order chi connectivity index (χ1) is 13.0. The van der Waals surface area contributed by atoms with Crippen molar-refractivity contribution >= 4 is 9.84 Å². The molecule has 0 saturated carbocycles. The summed E-state index contributed by atoms with van der Waals surface area (Å²) in [6, 6.07) is 6.51. The lowest BCUT2D eigenvalue weighted by molar-refractivity contribution is -0.137. The van der Waals surface area contributed by atoms with E-state index in [2.05, 4.69) is 9.97 Å². The van der Waals surface area contributed by atoms with Crippen molar-refractivity contribution in [2.75, 3.05) is 6.26 Å². The molecule has 1 aromatic heterocycles. The summed E-state index contributed by atoms with van der Waals surface area (Å²) in [4.78, 5) is 7.34. The van der Waals surface area contributed by atoms with E-state index in [9.17, 15) is 30.4 Å². The van der Waals surface area contributed by atoms with Gasteiger partial charge in [0.15, 0.2) is 15.7 Å². The summed E-state index contributed by atoms with van der Waals surface area (Å²) in [5.74, 6) is -2.13. The topological polar surface area (TPSA) is 59.9 Å². The number of alkyl halides is 3. The van der Waals surface area contributed by atoms with Gasteiger partial charge >= 0.3 is 6.18 Å². The number of nitrogens with zero attached hydrogens (tertiary/aromatic N) is 2. The van der Waals surface area contributed by atoms with E-state index < -0.39 is 38.1 Å². The lowest BCUT2D eigenvalue weighted by Gasteiger charge is -2.12. The van der Waals surface area contributed by atoms with Crippen LogP contribution < -0.4 is 0 Å². The second-order valence-corrected chi connectivity index (χ2v) is 7.87. The first-order valence-electron chi connectivity index (χ1n) is 7.67. The van der Waals surface area contributed by atoms with Gasteiger partial charge in [-0.2, -0.15) is 13.2 Å². The Kier molecular flexibility index (Phi) is 4.92. The third-order valence-electron chi connectivity index (χ3n) is 3.79. The van der Waals surface area contributed by atoms with Gasteiger partial charge in [-0.25, -0.2) is 27.2 Å². The monoisotopic (exact) mass is 414 g/mol. The molecule has 10 heteroatoms. The molecule has 146 valence electrons. The number of sulfone groups is 1. The van der Waals surface area contributed by atoms with Crippen molar-refractivity contribution in [1.82, 2.24) is 9.97 Å². The molecule has 3 aromatic rings. The highest BCUT2D eigenvalue weighted by molar-refractivity contribution is 7.90. The molecule has 0 unspecified atom stereocenters. The van der Waals surface area contributed by atoms with Gasteiger partial charge in [0, 0.05) is 17.9 Å². The molecular weight excluding hydrogens is 403 g/mol. The van der Waals surface area contributed by atoms with E-state index in [0.29, 0.717) is 6.07 Å². The second-order valence-electron chi connectivity index (χ2n) is 5.88. The van der Waals surface area contributed by atoms with Crippen molar-refractivity contribution in [3.05, 3.63) is 65.9 Å². The van der Waals surface area contributed by atoms with Crippen LogP contribution in [0.25, 0.3) is 22.6 Å². The molecule has 0 N–H and O–H groups in total. The average molecular weight is 414 g/mol. The fourth-order valence-electron chi connectivity index (χ4n) is 2.49. The molecule has 4 nitrogen and oxygen atoms in total. The Hall–Kier alpha value is -2.88. The van der Waals surface area contributed by atoms with Crippen LogP contribution in [0.2, 0.25) is 0 Å². The first-order valence-corrected chi connectivity index (χ1v) is 9.56. The Morgan fingerprint density at radius 2 is 1.71 bits per heavy atom. The highest BCUT2D eigenvalue weighted by Gasteiger charge is 2.31. The minimum atomic E-state index is -4.65. The van der Waals surface area contributed by atoms with E-state index in [1.807, 2.05) is 0 Å². The number of hydrogen-bond donors (Lipinski definition) is 0. The predicted octanol–water partition coefficient (Wildman–Crippen LogP) is 4.51. The number of halogens is 5. The Labute approximate surface area is 156 Å². The average Bonchev–Trinajstić information content (AvgIpc) is 2.60. The molecule has 1 heterocycles. The molecule has 0 radical (unpaired) electrons. The Balaban J connectivity index is 2.26. The normalized spacial score (nSPS) is 12.2. The van der Waals surface area contributed by atoms with Crippen LogP contribution in [0.3, 0.4) is 0 Å². The summed E-state index contributed by atoms with van der Waals surface area (Å²) < 4.78 is 90.3. The van der Waals surface area contributed by atoms with Gasteiger partial charge in [0.1, 0.15) is 16.5 Å². The first kappa shape index (κ1) is 19.9. The largest absolute Gasteiger partial charge is 0.416 e. The Bertz CT molecular complexity index is 1160. The SMILES string of the molecule is CS(=O)(=O)c1cnc(-c2ccc(F)cc2F)nc1-c1cccc(C(F)(F)F)c1. The molecule has 0 spiro atoms. The molecule has 0 aliphatic heterocycles. The number of hydrogen-bond acceptors (Lipinski definition) is 4. The van der Waals surface area contributed by atoms with Gasteiger partial charge in [-0.05, 0) is 24.3 Å². The minimum absolute atomic E-state index is 0.138. The third kappa shape index (κ3) is 4.01. The smallest absolute Gasteiger partial charge is 0.235 e.